The van der Waals surface area contributed by atoms with Crippen molar-refractivity contribution in [2.45, 2.75) is 59.0 Å². The van der Waals surface area contributed by atoms with E-state index in [4.69, 9.17) is 0 Å². The molecule has 3 aromatic heterocycles. The lowest BCUT2D eigenvalue weighted by Crippen LogP contribution is -2.41. The molecule has 1 amide bonds. The second-order valence-corrected chi connectivity index (χ2v) is 10.1. The Morgan fingerprint density at radius 3 is 2.53 bits per heavy atom. The molecule has 9 heteroatoms. The van der Waals surface area contributed by atoms with Gasteiger partial charge in [-0.1, -0.05) is 0 Å². The first kappa shape index (κ1) is 24.6. The summed E-state index contributed by atoms with van der Waals surface area (Å²) in [5.74, 6) is -2.90. The van der Waals surface area contributed by atoms with Crippen LogP contribution in [0.4, 0.5) is 8.78 Å². The number of pyridine rings is 2. The Hall–Kier alpha value is -2.52. The number of rotatable bonds is 5. The molecule has 4 rings (SSSR count). The molecular formula is C25H29BrF2N4O2. The molecule has 0 radical (unpaired) electrons. The molecule has 1 aliphatic heterocycles. The Morgan fingerprint density at radius 1 is 1.21 bits per heavy atom. The summed E-state index contributed by atoms with van der Waals surface area (Å²) in [6.07, 6.45) is 1.60. The standard InChI is InChI=1S/C25H29BrF2N4O2/c1-14-9-15(2)30-24(34)21(14)12-29-23(33)20-11-19-10-18(26)13-32(19)22(16(20)3)17(4)31-7-5-25(27,28)6-8-31/h9-11,13,17H,5-8,12H2,1-4H3,(H,29,33)(H,30,34). The summed E-state index contributed by atoms with van der Waals surface area (Å²) < 4.78 is 30.4. The van der Waals surface area contributed by atoms with Gasteiger partial charge in [0.25, 0.3) is 17.4 Å². The van der Waals surface area contributed by atoms with E-state index in [1.54, 1.807) is 0 Å². The lowest BCUT2D eigenvalue weighted by atomic mass is 9.98. The third kappa shape index (κ3) is 4.81. The predicted octanol–water partition coefficient (Wildman–Crippen LogP) is 5.04. The van der Waals surface area contributed by atoms with E-state index in [2.05, 4.69) is 26.2 Å². The number of aromatic amines is 1. The van der Waals surface area contributed by atoms with Gasteiger partial charge in [-0.05, 0) is 73.0 Å². The number of amides is 1. The number of hydrogen-bond donors (Lipinski definition) is 2. The highest BCUT2D eigenvalue weighted by Gasteiger charge is 2.36. The molecule has 34 heavy (non-hydrogen) atoms. The van der Waals surface area contributed by atoms with Crippen LogP contribution in [0, 0.1) is 20.8 Å². The fourth-order valence-electron chi connectivity index (χ4n) is 4.87. The van der Waals surface area contributed by atoms with Crippen LogP contribution in [0.25, 0.3) is 5.52 Å². The number of fused-ring (bicyclic) bond motifs is 1. The highest BCUT2D eigenvalue weighted by Crippen LogP contribution is 2.35. The van der Waals surface area contributed by atoms with Gasteiger partial charge in [0.1, 0.15) is 0 Å². The first-order valence-electron chi connectivity index (χ1n) is 11.4. The number of piperidine rings is 1. The molecule has 4 heterocycles. The van der Waals surface area contributed by atoms with Crippen LogP contribution in [0.3, 0.4) is 0 Å². The second kappa shape index (κ2) is 9.26. The number of carbonyl (C=O) groups excluding carboxylic acids is 1. The predicted molar refractivity (Wildman–Crippen MR) is 132 cm³/mol. The average molecular weight is 535 g/mol. The van der Waals surface area contributed by atoms with Gasteiger partial charge in [-0.2, -0.15) is 0 Å². The summed E-state index contributed by atoms with van der Waals surface area (Å²) in [7, 11) is 0. The Bertz CT molecular complexity index is 1300. The molecule has 2 N–H and O–H groups in total. The number of carbonyl (C=O) groups is 1. The second-order valence-electron chi connectivity index (χ2n) is 9.22. The number of hydrogen-bond acceptors (Lipinski definition) is 3. The molecule has 182 valence electrons. The van der Waals surface area contributed by atoms with Crippen molar-refractivity contribution in [1.82, 2.24) is 19.6 Å². The minimum atomic E-state index is -2.62. The zero-order chi connectivity index (χ0) is 24.8. The fourth-order valence-corrected chi connectivity index (χ4v) is 5.31. The summed E-state index contributed by atoms with van der Waals surface area (Å²) in [6, 6.07) is 5.46. The maximum Gasteiger partial charge on any atom is 0.253 e. The lowest BCUT2D eigenvalue weighted by Gasteiger charge is -2.37. The molecular weight excluding hydrogens is 506 g/mol. The van der Waals surface area contributed by atoms with Crippen LogP contribution < -0.4 is 10.9 Å². The number of nitrogens with one attached hydrogen (secondary N) is 2. The number of alkyl halides is 2. The van der Waals surface area contributed by atoms with Crippen molar-refractivity contribution in [3.63, 3.8) is 0 Å². The van der Waals surface area contributed by atoms with E-state index >= 15 is 0 Å². The topological polar surface area (TPSA) is 69.6 Å². The third-order valence-electron chi connectivity index (χ3n) is 6.79. The van der Waals surface area contributed by atoms with Crippen molar-refractivity contribution >= 4 is 27.4 Å². The van der Waals surface area contributed by atoms with E-state index in [0.717, 1.165) is 32.5 Å². The third-order valence-corrected chi connectivity index (χ3v) is 7.23. The van der Waals surface area contributed by atoms with Crippen LogP contribution >= 0.6 is 15.9 Å². The van der Waals surface area contributed by atoms with E-state index in [0.29, 0.717) is 24.2 Å². The molecule has 6 nitrogen and oxygen atoms in total. The van der Waals surface area contributed by atoms with Crippen molar-refractivity contribution < 1.29 is 13.6 Å². The number of aromatic nitrogens is 2. The van der Waals surface area contributed by atoms with Gasteiger partial charge in [0.2, 0.25) is 0 Å². The fraction of sp³-hybridized carbons (Fsp3) is 0.440. The molecule has 0 aromatic carbocycles. The first-order valence-corrected chi connectivity index (χ1v) is 12.2. The van der Waals surface area contributed by atoms with E-state index in [1.807, 2.05) is 61.4 Å². The van der Waals surface area contributed by atoms with Gasteiger partial charge < -0.3 is 14.7 Å². The van der Waals surface area contributed by atoms with E-state index in [-0.39, 0.29) is 36.9 Å². The van der Waals surface area contributed by atoms with Gasteiger partial charge >= 0.3 is 0 Å². The molecule has 1 saturated heterocycles. The SMILES string of the molecule is Cc1cc(C)c(CNC(=O)c2cc3cc(Br)cn3c(C(C)N3CCC(F)(F)CC3)c2C)c(=O)[nH]1. The van der Waals surface area contributed by atoms with Gasteiger partial charge in [0.15, 0.2) is 0 Å². The zero-order valence-corrected chi connectivity index (χ0v) is 21.4. The smallest absolute Gasteiger partial charge is 0.253 e. The van der Waals surface area contributed by atoms with Crippen molar-refractivity contribution in [1.29, 1.82) is 0 Å². The lowest BCUT2D eigenvalue weighted by molar-refractivity contribution is -0.0624. The van der Waals surface area contributed by atoms with Gasteiger partial charge in [0.05, 0.1) is 0 Å². The first-order chi connectivity index (χ1) is 16.0. The molecule has 0 aliphatic carbocycles. The van der Waals surface area contributed by atoms with Gasteiger partial charge in [-0.15, -0.1) is 0 Å². The van der Waals surface area contributed by atoms with Gasteiger partial charge in [-0.3, -0.25) is 14.5 Å². The van der Waals surface area contributed by atoms with Crippen LogP contribution in [0.2, 0.25) is 0 Å². The highest BCUT2D eigenvalue weighted by atomic mass is 79.9. The van der Waals surface area contributed by atoms with Crippen LogP contribution in [0.5, 0.6) is 0 Å². The Morgan fingerprint density at radius 2 is 1.88 bits per heavy atom. The largest absolute Gasteiger partial charge is 0.348 e. The van der Waals surface area contributed by atoms with Crippen molar-refractivity contribution in [3.05, 3.63) is 72.9 Å². The quantitative estimate of drug-likeness (QED) is 0.481. The number of aryl methyl sites for hydroxylation is 2. The maximum absolute atomic E-state index is 13.7. The van der Waals surface area contributed by atoms with E-state index < -0.39 is 5.92 Å². The van der Waals surface area contributed by atoms with Crippen LogP contribution in [0.15, 0.2) is 33.7 Å². The zero-order valence-electron chi connectivity index (χ0n) is 19.8. The summed E-state index contributed by atoms with van der Waals surface area (Å²) in [4.78, 5) is 30.4. The minimum absolute atomic E-state index is 0.113. The summed E-state index contributed by atoms with van der Waals surface area (Å²) in [6.45, 7) is 8.25. The van der Waals surface area contributed by atoms with Crippen LogP contribution in [-0.2, 0) is 6.54 Å². The molecule has 1 aliphatic rings. The molecule has 0 spiro atoms. The monoisotopic (exact) mass is 534 g/mol. The molecule has 1 unspecified atom stereocenters. The van der Waals surface area contributed by atoms with Gasteiger partial charge in [0, 0.05) is 77.2 Å². The molecule has 1 atom stereocenters. The van der Waals surface area contributed by atoms with Crippen molar-refractivity contribution in [2.24, 2.45) is 0 Å². The van der Waals surface area contributed by atoms with E-state index in [9.17, 15) is 18.4 Å². The summed E-state index contributed by atoms with van der Waals surface area (Å²) >= 11 is 3.52. The molecule has 0 saturated carbocycles. The Labute approximate surface area is 205 Å². The van der Waals surface area contributed by atoms with Crippen LogP contribution in [0.1, 0.15) is 64.2 Å². The number of H-pyrrole nitrogens is 1. The Balaban J connectivity index is 1.67. The van der Waals surface area contributed by atoms with Gasteiger partial charge in [-0.25, -0.2) is 8.78 Å². The summed E-state index contributed by atoms with van der Waals surface area (Å²) in [5.41, 5.74) is 4.91. The number of likely N-dealkylation sites (tertiary alicyclic amines) is 1. The van der Waals surface area contributed by atoms with Crippen molar-refractivity contribution in [2.75, 3.05) is 13.1 Å². The van der Waals surface area contributed by atoms with Crippen molar-refractivity contribution in [3.8, 4) is 0 Å². The molecule has 0 bridgehead atoms. The maximum atomic E-state index is 13.7. The van der Waals surface area contributed by atoms with E-state index in [1.165, 1.54) is 0 Å². The average Bonchev–Trinajstić information content (AvgIpc) is 3.11. The summed E-state index contributed by atoms with van der Waals surface area (Å²) in [5, 5.41) is 2.89. The number of halogens is 3. The normalized spacial score (nSPS) is 17.1. The number of nitrogens with zero attached hydrogens (tertiary/aromatic N) is 2. The highest BCUT2D eigenvalue weighted by molar-refractivity contribution is 9.10. The molecule has 3 aromatic rings. The Kier molecular flexibility index (Phi) is 6.70. The minimum Gasteiger partial charge on any atom is -0.348 e. The molecule has 1 fully saturated rings. The van der Waals surface area contributed by atoms with Crippen LogP contribution in [-0.4, -0.2) is 39.2 Å².